The van der Waals surface area contributed by atoms with Crippen molar-refractivity contribution in [2.24, 2.45) is 0 Å². The van der Waals surface area contributed by atoms with Gasteiger partial charge in [0, 0.05) is 31.9 Å². The van der Waals surface area contributed by atoms with E-state index in [1.165, 1.54) is 0 Å². The summed E-state index contributed by atoms with van der Waals surface area (Å²) in [6.45, 7) is 12.5. The molecule has 100 valence electrons. The van der Waals surface area contributed by atoms with Gasteiger partial charge in [0.05, 0.1) is 5.02 Å². The molecule has 0 aliphatic carbocycles. The van der Waals surface area contributed by atoms with Crippen LogP contribution >= 0.6 is 11.6 Å². The fourth-order valence-corrected chi connectivity index (χ4v) is 1.95. The number of hydrogen-bond acceptors (Lipinski definition) is 3. The van der Waals surface area contributed by atoms with E-state index < -0.39 is 0 Å². The molecule has 3 nitrogen and oxygen atoms in total. The Kier molecular flexibility index (Phi) is 6.16. The predicted molar refractivity (Wildman–Crippen MR) is 79.3 cm³/mol. The second-order valence-electron chi connectivity index (χ2n) is 4.51. The van der Waals surface area contributed by atoms with Crippen LogP contribution in [-0.2, 0) is 6.54 Å². The SMILES string of the molecule is C=CCN(CC)c1ncc(CNC(C)C)cc1Cl. The highest BCUT2D eigenvalue weighted by molar-refractivity contribution is 6.33. The Morgan fingerprint density at radius 1 is 1.56 bits per heavy atom. The first-order chi connectivity index (χ1) is 8.58. The second-order valence-corrected chi connectivity index (χ2v) is 4.92. The summed E-state index contributed by atoms with van der Waals surface area (Å²) in [5.41, 5.74) is 1.10. The Balaban J connectivity index is 2.81. The highest BCUT2D eigenvalue weighted by Crippen LogP contribution is 2.23. The minimum absolute atomic E-state index is 0.455. The first kappa shape index (κ1) is 15.0. The lowest BCUT2D eigenvalue weighted by atomic mass is 10.2. The van der Waals surface area contributed by atoms with Gasteiger partial charge in [-0.25, -0.2) is 4.98 Å². The Morgan fingerprint density at radius 2 is 2.28 bits per heavy atom. The molecule has 1 rings (SSSR count). The number of nitrogens with zero attached hydrogens (tertiary/aromatic N) is 2. The third-order valence-corrected chi connectivity index (χ3v) is 2.90. The molecule has 0 atom stereocenters. The van der Waals surface area contributed by atoms with Crippen LogP contribution in [0.25, 0.3) is 0 Å². The topological polar surface area (TPSA) is 28.2 Å². The van der Waals surface area contributed by atoms with Gasteiger partial charge in [0.2, 0.25) is 0 Å². The van der Waals surface area contributed by atoms with Crippen LogP contribution in [0.15, 0.2) is 24.9 Å². The molecular weight excluding hydrogens is 246 g/mol. The average molecular weight is 268 g/mol. The molecule has 0 aromatic carbocycles. The van der Waals surface area contributed by atoms with E-state index in [1.54, 1.807) is 0 Å². The maximum Gasteiger partial charge on any atom is 0.147 e. The Labute approximate surface area is 115 Å². The van der Waals surface area contributed by atoms with Gasteiger partial charge in [0.1, 0.15) is 5.82 Å². The quantitative estimate of drug-likeness (QED) is 0.769. The van der Waals surface area contributed by atoms with Crippen molar-refractivity contribution in [1.29, 1.82) is 0 Å². The average Bonchev–Trinajstić information content (AvgIpc) is 2.34. The van der Waals surface area contributed by atoms with Gasteiger partial charge in [0.25, 0.3) is 0 Å². The molecule has 0 saturated carbocycles. The maximum absolute atomic E-state index is 6.29. The number of pyridine rings is 1. The first-order valence-electron chi connectivity index (χ1n) is 6.32. The number of likely N-dealkylation sites (N-methyl/N-ethyl adjacent to an activating group) is 1. The van der Waals surface area contributed by atoms with Crippen molar-refractivity contribution in [1.82, 2.24) is 10.3 Å². The van der Waals surface area contributed by atoms with Crippen molar-refractivity contribution in [3.05, 3.63) is 35.5 Å². The summed E-state index contributed by atoms with van der Waals surface area (Å²) < 4.78 is 0. The van der Waals surface area contributed by atoms with Gasteiger partial charge in [-0.15, -0.1) is 6.58 Å². The molecule has 1 aromatic rings. The van der Waals surface area contributed by atoms with Gasteiger partial charge in [-0.1, -0.05) is 31.5 Å². The lowest BCUT2D eigenvalue weighted by Crippen LogP contribution is -2.25. The number of hydrogen-bond donors (Lipinski definition) is 1. The molecule has 18 heavy (non-hydrogen) atoms. The number of rotatable bonds is 7. The molecule has 1 aromatic heterocycles. The molecule has 0 amide bonds. The minimum atomic E-state index is 0.455. The molecule has 0 fully saturated rings. The summed E-state index contributed by atoms with van der Waals surface area (Å²) in [6, 6.07) is 2.43. The van der Waals surface area contributed by atoms with Crippen molar-refractivity contribution >= 4 is 17.4 Å². The van der Waals surface area contributed by atoms with E-state index in [4.69, 9.17) is 11.6 Å². The highest BCUT2D eigenvalue weighted by Gasteiger charge is 2.09. The molecule has 0 aliphatic heterocycles. The molecule has 0 unspecified atom stereocenters. The van der Waals surface area contributed by atoms with Crippen molar-refractivity contribution in [3.8, 4) is 0 Å². The summed E-state index contributed by atoms with van der Waals surface area (Å²) in [7, 11) is 0. The zero-order chi connectivity index (χ0) is 13.5. The van der Waals surface area contributed by atoms with E-state index in [0.29, 0.717) is 11.1 Å². The third kappa shape index (κ3) is 4.31. The molecule has 1 heterocycles. The second kappa shape index (κ2) is 7.39. The molecule has 0 saturated heterocycles. The lowest BCUT2D eigenvalue weighted by molar-refractivity contribution is 0.588. The van der Waals surface area contributed by atoms with Gasteiger partial charge in [-0.3, -0.25) is 0 Å². The summed E-state index contributed by atoms with van der Waals surface area (Å²) in [5.74, 6) is 0.826. The van der Waals surface area contributed by atoms with Crippen LogP contribution in [0.3, 0.4) is 0 Å². The number of nitrogens with one attached hydrogen (secondary N) is 1. The summed E-state index contributed by atoms with van der Waals surface area (Å²) in [5, 5.41) is 4.04. The van der Waals surface area contributed by atoms with E-state index in [-0.39, 0.29) is 0 Å². The number of anilines is 1. The summed E-state index contributed by atoms with van der Waals surface area (Å²) in [4.78, 5) is 6.54. The van der Waals surface area contributed by atoms with Crippen LogP contribution in [0.5, 0.6) is 0 Å². The first-order valence-corrected chi connectivity index (χ1v) is 6.69. The molecule has 4 heteroatoms. The zero-order valence-corrected chi connectivity index (χ0v) is 12.2. The van der Waals surface area contributed by atoms with Gasteiger partial charge in [0.15, 0.2) is 0 Å². The normalized spacial score (nSPS) is 10.7. The van der Waals surface area contributed by atoms with Crippen LogP contribution in [0, 0.1) is 0 Å². The van der Waals surface area contributed by atoms with E-state index in [1.807, 2.05) is 18.3 Å². The fraction of sp³-hybridized carbons (Fsp3) is 0.500. The Morgan fingerprint density at radius 3 is 2.78 bits per heavy atom. The molecular formula is C14H22ClN3. The van der Waals surface area contributed by atoms with Crippen LogP contribution < -0.4 is 10.2 Å². The zero-order valence-electron chi connectivity index (χ0n) is 11.4. The van der Waals surface area contributed by atoms with Crippen LogP contribution in [0.4, 0.5) is 5.82 Å². The lowest BCUT2D eigenvalue weighted by Gasteiger charge is -2.21. The Bertz CT molecular complexity index is 391. The van der Waals surface area contributed by atoms with E-state index in [9.17, 15) is 0 Å². The van der Waals surface area contributed by atoms with Crippen molar-refractivity contribution < 1.29 is 0 Å². The number of halogens is 1. The van der Waals surface area contributed by atoms with Gasteiger partial charge < -0.3 is 10.2 Å². The summed E-state index contributed by atoms with van der Waals surface area (Å²) in [6.07, 6.45) is 3.73. The van der Waals surface area contributed by atoms with Crippen LogP contribution in [0.1, 0.15) is 26.3 Å². The fourth-order valence-electron chi connectivity index (χ4n) is 1.64. The monoisotopic (exact) mass is 267 g/mol. The van der Waals surface area contributed by atoms with E-state index in [0.717, 1.165) is 31.0 Å². The molecule has 0 radical (unpaired) electrons. The van der Waals surface area contributed by atoms with Crippen molar-refractivity contribution in [3.63, 3.8) is 0 Å². The summed E-state index contributed by atoms with van der Waals surface area (Å²) >= 11 is 6.29. The van der Waals surface area contributed by atoms with Crippen LogP contribution in [0.2, 0.25) is 5.02 Å². The van der Waals surface area contributed by atoms with Crippen molar-refractivity contribution in [2.45, 2.75) is 33.4 Å². The van der Waals surface area contributed by atoms with Gasteiger partial charge >= 0.3 is 0 Å². The molecule has 0 aliphatic rings. The van der Waals surface area contributed by atoms with E-state index >= 15 is 0 Å². The van der Waals surface area contributed by atoms with Gasteiger partial charge in [-0.2, -0.15) is 0 Å². The van der Waals surface area contributed by atoms with Gasteiger partial charge in [-0.05, 0) is 18.6 Å². The standard InChI is InChI=1S/C14H22ClN3/c1-5-7-18(6-2)14-13(15)8-12(10-17-14)9-16-11(3)4/h5,8,10-11,16H,1,6-7,9H2,2-4H3. The maximum atomic E-state index is 6.29. The minimum Gasteiger partial charge on any atom is -0.352 e. The largest absolute Gasteiger partial charge is 0.352 e. The molecule has 0 spiro atoms. The molecule has 0 bridgehead atoms. The molecule has 1 N–H and O–H groups in total. The number of aromatic nitrogens is 1. The van der Waals surface area contributed by atoms with Crippen molar-refractivity contribution in [2.75, 3.05) is 18.0 Å². The highest BCUT2D eigenvalue weighted by atomic mass is 35.5. The van der Waals surface area contributed by atoms with E-state index in [2.05, 4.69) is 42.6 Å². The predicted octanol–water partition coefficient (Wildman–Crippen LogP) is 3.25. The smallest absolute Gasteiger partial charge is 0.147 e. The Hall–Kier alpha value is -1.06. The van der Waals surface area contributed by atoms with Crippen LogP contribution in [-0.4, -0.2) is 24.1 Å². The third-order valence-electron chi connectivity index (χ3n) is 2.62.